The summed E-state index contributed by atoms with van der Waals surface area (Å²) in [5, 5.41) is 27.6. The van der Waals surface area contributed by atoms with E-state index in [1.54, 1.807) is 68.6 Å². The molecule has 1 aliphatic rings. The smallest absolute Gasteiger partial charge is 0.218 e. The van der Waals surface area contributed by atoms with Crippen molar-refractivity contribution in [2.24, 2.45) is 4.99 Å². The van der Waals surface area contributed by atoms with E-state index >= 15 is 0 Å². The number of nitrogens with zero attached hydrogens (tertiary/aromatic N) is 2. The fourth-order valence-electron chi connectivity index (χ4n) is 3.90. The van der Waals surface area contributed by atoms with Gasteiger partial charge in [-0.15, -0.1) is 4.99 Å². The average molecular weight is 511 g/mol. The predicted octanol–water partition coefficient (Wildman–Crippen LogP) is 4.21. The van der Waals surface area contributed by atoms with Gasteiger partial charge in [0.1, 0.15) is 17.5 Å². The summed E-state index contributed by atoms with van der Waals surface area (Å²) in [4.78, 5) is 13.2. The van der Waals surface area contributed by atoms with Crippen molar-refractivity contribution in [1.82, 2.24) is 5.32 Å². The summed E-state index contributed by atoms with van der Waals surface area (Å²) in [7, 11) is -2.77. The van der Waals surface area contributed by atoms with Crippen LogP contribution in [0.15, 0.2) is 71.7 Å². The fourth-order valence-corrected chi connectivity index (χ4v) is 4.48. The second-order valence-corrected chi connectivity index (χ2v) is 10.2. The molecule has 0 saturated heterocycles. The first-order valence-corrected chi connectivity index (χ1v) is 12.5. The van der Waals surface area contributed by atoms with Gasteiger partial charge in [-0.05, 0) is 73.5 Å². The lowest BCUT2D eigenvalue weighted by Gasteiger charge is -2.42. The summed E-state index contributed by atoms with van der Waals surface area (Å²) in [5.74, 6) is 0.742. The van der Waals surface area contributed by atoms with Crippen LogP contribution in [0.4, 0.5) is 5.69 Å². The summed E-state index contributed by atoms with van der Waals surface area (Å²) < 4.78 is 17.4. The molecule has 4 rings (SSSR count). The topological polar surface area (TPSA) is 127 Å². The van der Waals surface area contributed by atoms with Gasteiger partial charge in [0.25, 0.3) is 0 Å². The zero-order chi connectivity index (χ0) is 25.2. The molecule has 0 aromatic heterocycles. The molecule has 3 atom stereocenters. The van der Waals surface area contributed by atoms with E-state index in [1.807, 2.05) is 18.2 Å². The Morgan fingerprint density at radius 1 is 1.11 bits per heavy atom. The minimum Gasteiger partial charge on any atom is -0.485 e. The number of nitriles is 1. The van der Waals surface area contributed by atoms with Gasteiger partial charge in [0, 0.05) is 21.6 Å². The Morgan fingerprint density at radius 2 is 1.77 bits per heavy atom. The summed E-state index contributed by atoms with van der Waals surface area (Å²) >= 11 is 5.96. The quantitative estimate of drug-likeness (QED) is 0.179. The lowest BCUT2D eigenvalue weighted by atomic mass is 9.85. The number of nitrogens with one attached hydrogen (secondary N) is 2. The normalized spacial score (nSPS) is 19.6. The number of aliphatic hydroxyl groups excluding tert-OH is 1. The molecular weight excluding hydrogens is 487 g/mol. The molecule has 3 aromatic rings. The van der Waals surface area contributed by atoms with Gasteiger partial charge in [-0.2, -0.15) is 5.26 Å². The third kappa shape index (κ3) is 5.50. The SMILES string of the molecule is CC1(C)Oc2ccc(-c3ccc([PH](=O)O)cc3)cc2C(NC(=NC#N)Nc2ccc(Cl)cc2)[C@@H]1O. The molecule has 8 nitrogen and oxygen atoms in total. The molecule has 180 valence electrons. The summed E-state index contributed by atoms with van der Waals surface area (Å²) in [5.41, 5.74) is 2.09. The average Bonchev–Trinajstić information content (AvgIpc) is 2.83. The van der Waals surface area contributed by atoms with Gasteiger partial charge >= 0.3 is 0 Å². The molecule has 1 heterocycles. The van der Waals surface area contributed by atoms with E-state index in [0.29, 0.717) is 27.3 Å². The molecule has 0 saturated carbocycles. The number of anilines is 1. The highest BCUT2D eigenvalue weighted by Crippen LogP contribution is 2.41. The van der Waals surface area contributed by atoms with E-state index in [2.05, 4.69) is 15.6 Å². The van der Waals surface area contributed by atoms with Crippen molar-refractivity contribution in [2.45, 2.75) is 31.6 Å². The van der Waals surface area contributed by atoms with Crippen molar-refractivity contribution in [3.05, 3.63) is 77.3 Å². The van der Waals surface area contributed by atoms with Gasteiger partial charge in [-0.1, -0.05) is 29.8 Å². The minimum atomic E-state index is -2.77. The van der Waals surface area contributed by atoms with Crippen LogP contribution in [0.25, 0.3) is 11.1 Å². The molecule has 10 heteroatoms. The van der Waals surface area contributed by atoms with Gasteiger partial charge in [0.15, 0.2) is 0 Å². The van der Waals surface area contributed by atoms with Gasteiger partial charge in [0.05, 0.1) is 6.04 Å². The summed E-state index contributed by atoms with van der Waals surface area (Å²) in [6.45, 7) is 3.57. The Morgan fingerprint density at radius 3 is 2.40 bits per heavy atom. The highest BCUT2D eigenvalue weighted by Gasteiger charge is 2.43. The molecule has 0 bridgehead atoms. The van der Waals surface area contributed by atoms with Crippen LogP contribution >= 0.6 is 19.6 Å². The Hall–Kier alpha value is -3.34. The van der Waals surface area contributed by atoms with Gasteiger partial charge in [0.2, 0.25) is 20.2 Å². The van der Waals surface area contributed by atoms with Crippen molar-refractivity contribution < 1.29 is 19.3 Å². The molecule has 0 radical (unpaired) electrons. The van der Waals surface area contributed by atoms with Gasteiger partial charge < -0.3 is 25.4 Å². The second kappa shape index (κ2) is 10.1. The van der Waals surface area contributed by atoms with E-state index in [1.165, 1.54) is 0 Å². The number of fused-ring (bicyclic) bond motifs is 1. The van der Waals surface area contributed by atoms with E-state index < -0.39 is 25.8 Å². The Bertz CT molecular complexity index is 1320. The van der Waals surface area contributed by atoms with Crippen LogP contribution in [0.1, 0.15) is 25.5 Å². The number of ether oxygens (including phenoxy) is 1. The first-order chi connectivity index (χ1) is 16.7. The minimum absolute atomic E-state index is 0.158. The Labute approximate surface area is 208 Å². The predicted molar refractivity (Wildman–Crippen MR) is 137 cm³/mol. The Balaban J connectivity index is 1.70. The van der Waals surface area contributed by atoms with E-state index in [9.17, 15) is 19.8 Å². The second-order valence-electron chi connectivity index (χ2n) is 8.60. The molecule has 4 N–H and O–H groups in total. The fraction of sp³-hybridized carbons (Fsp3) is 0.200. The number of aliphatic imine (C=N–C) groups is 1. The molecule has 3 aromatic carbocycles. The number of halogens is 1. The largest absolute Gasteiger partial charge is 0.485 e. The molecular formula is C25H24ClN4O4P. The lowest BCUT2D eigenvalue weighted by Crippen LogP contribution is -2.54. The maximum Gasteiger partial charge on any atom is 0.218 e. The van der Waals surface area contributed by atoms with E-state index in [4.69, 9.17) is 16.3 Å². The van der Waals surface area contributed by atoms with Crippen LogP contribution in [-0.2, 0) is 4.57 Å². The number of aliphatic hydroxyl groups is 1. The number of guanidine groups is 1. The van der Waals surface area contributed by atoms with Crippen LogP contribution in [0.3, 0.4) is 0 Å². The Kier molecular flexibility index (Phi) is 7.15. The maximum atomic E-state index is 11.4. The number of rotatable bonds is 4. The van der Waals surface area contributed by atoms with Crippen LogP contribution in [-0.4, -0.2) is 27.7 Å². The van der Waals surface area contributed by atoms with Crippen LogP contribution in [0.2, 0.25) is 5.02 Å². The van der Waals surface area contributed by atoms with Crippen LogP contribution in [0, 0.1) is 11.5 Å². The number of hydrogen-bond donors (Lipinski definition) is 4. The third-order valence-corrected chi connectivity index (χ3v) is 6.85. The molecule has 2 unspecified atom stereocenters. The molecule has 0 fully saturated rings. The standard InChI is InChI=1S/C25H24ClN4O4P/c1-25(2)23(31)22(30-24(28-14-27)29-18-8-6-17(26)7-9-18)20-13-16(5-12-21(20)34-25)15-3-10-19(11-4-15)35(32)33/h3-13,22-23,31,35H,1-2H3,(H,32,33)(H2,28,29,30)/t22?,23-/m0/s1. The van der Waals surface area contributed by atoms with Crippen molar-refractivity contribution >= 4 is 36.6 Å². The third-order valence-electron chi connectivity index (χ3n) is 5.77. The van der Waals surface area contributed by atoms with E-state index in [0.717, 1.165) is 11.1 Å². The zero-order valence-electron chi connectivity index (χ0n) is 19.0. The van der Waals surface area contributed by atoms with Crippen molar-refractivity contribution in [2.75, 3.05) is 5.32 Å². The monoisotopic (exact) mass is 510 g/mol. The highest BCUT2D eigenvalue weighted by molar-refractivity contribution is 7.47. The van der Waals surface area contributed by atoms with E-state index in [-0.39, 0.29) is 5.96 Å². The van der Waals surface area contributed by atoms with Crippen molar-refractivity contribution in [3.8, 4) is 23.1 Å². The van der Waals surface area contributed by atoms with Crippen LogP contribution in [0.5, 0.6) is 5.75 Å². The number of benzene rings is 3. The summed E-state index contributed by atoms with van der Waals surface area (Å²) in [6.07, 6.45) is 0.798. The lowest BCUT2D eigenvalue weighted by molar-refractivity contribution is -0.0610. The van der Waals surface area contributed by atoms with Crippen molar-refractivity contribution in [1.29, 1.82) is 5.26 Å². The van der Waals surface area contributed by atoms with Crippen molar-refractivity contribution in [3.63, 3.8) is 0 Å². The maximum absolute atomic E-state index is 11.4. The molecule has 0 amide bonds. The summed E-state index contributed by atoms with van der Waals surface area (Å²) in [6, 6.07) is 18.6. The molecule has 0 aliphatic carbocycles. The van der Waals surface area contributed by atoms with Gasteiger partial charge in [-0.25, -0.2) is 0 Å². The number of hydrogen-bond acceptors (Lipinski definition) is 5. The first-order valence-electron chi connectivity index (χ1n) is 10.8. The zero-order valence-corrected chi connectivity index (χ0v) is 20.7. The first kappa shape index (κ1) is 24.8. The highest BCUT2D eigenvalue weighted by atomic mass is 35.5. The van der Waals surface area contributed by atoms with Gasteiger partial charge in [-0.3, -0.25) is 4.57 Å². The van der Waals surface area contributed by atoms with Crippen LogP contribution < -0.4 is 20.7 Å². The molecule has 1 aliphatic heterocycles. The molecule has 35 heavy (non-hydrogen) atoms. The molecule has 0 spiro atoms.